The predicted molar refractivity (Wildman–Crippen MR) is 253 cm³/mol. The van der Waals surface area contributed by atoms with Crippen LogP contribution in [-0.2, 0) is 5.41 Å². The third-order valence-corrected chi connectivity index (χ3v) is 13.3. The molecule has 1 heterocycles. The van der Waals surface area contributed by atoms with E-state index in [1.165, 1.54) is 66.4 Å². The number of hydrogen-bond donors (Lipinski definition) is 0. The van der Waals surface area contributed by atoms with Gasteiger partial charge in [0.15, 0.2) is 0 Å². The van der Waals surface area contributed by atoms with Crippen molar-refractivity contribution in [1.29, 1.82) is 0 Å². The second-order valence-corrected chi connectivity index (χ2v) is 16.3. The molecule has 0 amide bonds. The first-order valence-corrected chi connectivity index (χ1v) is 21.1. The fourth-order valence-electron chi connectivity index (χ4n) is 10.8. The first-order valence-electron chi connectivity index (χ1n) is 21.1. The molecule has 10 aromatic carbocycles. The Morgan fingerprint density at radius 2 is 0.803 bits per heavy atom. The quantitative estimate of drug-likeness (QED) is 0.173. The SMILES string of the molecule is c1ccc2c(c1)-c1ccccc1C21c2ccccc2-c2c(N(c3ccc(-c4cccc5ccccc45)cc3)c3ccc(-c4cccc5oc6ccccc6c45)cc3)cccc21. The van der Waals surface area contributed by atoms with E-state index in [1.807, 2.05) is 6.07 Å². The summed E-state index contributed by atoms with van der Waals surface area (Å²) in [6.45, 7) is 0. The van der Waals surface area contributed by atoms with Gasteiger partial charge in [-0.15, -0.1) is 0 Å². The van der Waals surface area contributed by atoms with Gasteiger partial charge in [-0.1, -0.05) is 182 Å². The van der Waals surface area contributed by atoms with Gasteiger partial charge in [0.05, 0.1) is 11.1 Å². The molecule has 0 unspecified atom stereocenters. The Kier molecular flexibility index (Phi) is 7.26. The number of rotatable bonds is 5. The lowest BCUT2D eigenvalue weighted by molar-refractivity contribution is 0.669. The molecular weight excluding hydrogens is 739 g/mol. The number of nitrogens with zero attached hydrogens (tertiary/aromatic N) is 1. The van der Waals surface area contributed by atoms with Crippen LogP contribution in [0.3, 0.4) is 0 Å². The summed E-state index contributed by atoms with van der Waals surface area (Å²) in [4.78, 5) is 2.46. The van der Waals surface area contributed by atoms with Gasteiger partial charge in [0.1, 0.15) is 11.2 Å². The number of hydrogen-bond acceptors (Lipinski definition) is 2. The molecule has 0 radical (unpaired) electrons. The van der Waals surface area contributed by atoms with E-state index < -0.39 is 5.41 Å². The summed E-state index contributed by atoms with van der Waals surface area (Å²) < 4.78 is 6.30. The first kappa shape index (κ1) is 34.0. The van der Waals surface area contributed by atoms with Gasteiger partial charge in [0.25, 0.3) is 0 Å². The van der Waals surface area contributed by atoms with Crippen LogP contribution in [0.4, 0.5) is 17.1 Å². The average molecular weight is 776 g/mol. The minimum absolute atomic E-state index is 0.436. The van der Waals surface area contributed by atoms with E-state index in [2.05, 4.69) is 223 Å². The van der Waals surface area contributed by atoms with Gasteiger partial charge in [-0.25, -0.2) is 0 Å². The predicted octanol–water partition coefficient (Wildman–Crippen LogP) is 15.9. The molecule has 0 atom stereocenters. The molecule has 284 valence electrons. The smallest absolute Gasteiger partial charge is 0.136 e. The number of para-hydroxylation sites is 1. The summed E-state index contributed by atoms with van der Waals surface area (Å²) in [7, 11) is 0. The summed E-state index contributed by atoms with van der Waals surface area (Å²) in [5, 5.41) is 4.78. The zero-order chi connectivity index (χ0) is 40.1. The summed E-state index contributed by atoms with van der Waals surface area (Å²) in [6.07, 6.45) is 0. The summed E-state index contributed by atoms with van der Waals surface area (Å²) in [5.74, 6) is 0. The van der Waals surface area contributed by atoms with E-state index in [4.69, 9.17) is 4.42 Å². The lowest BCUT2D eigenvalue weighted by atomic mass is 9.70. The molecule has 0 N–H and O–H groups in total. The van der Waals surface area contributed by atoms with Crippen molar-refractivity contribution in [3.8, 4) is 44.5 Å². The van der Waals surface area contributed by atoms with Crippen LogP contribution in [0.2, 0.25) is 0 Å². The molecule has 0 saturated carbocycles. The fraction of sp³-hybridized carbons (Fsp3) is 0.0169. The molecule has 0 fully saturated rings. The van der Waals surface area contributed by atoms with Crippen LogP contribution in [0.15, 0.2) is 229 Å². The van der Waals surface area contributed by atoms with E-state index in [9.17, 15) is 0 Å². The van der Waals surface area contributed by atoms with E-state index in [1.54, 1.807) is 0 Å². The molecule has 2 nitrogen and oxygen atoms in total. The van der Waals surface area contributed by atoms with E-state index in [-0.39, 0.29) is 0 Å². The monoisotopic (exact) mass is 775 g/mol. The van der Waals surface area contributed by atoms with Crippen molar-refractivity contribution in [3.63, 3.8) is 0 Å². The topological polar surface area (TPSA) is 16.4 Å². The molecule has 1 spiro atoms. The van der Waals surface area contributed by atoms with Crippen molar-refractivity contribution in [3.05, 3.63) is 247 Å². The zero-order valence-corrected chi connectivity index (χ0v) is 33.2. The Bertz CT molecular complexity index is 3490. The molecule has 13 rings (SSSR count). The minimum atomic E-state index is -0.436. The van der Waals surface area contributed by atoms with Crippen LogP contribution < -0.4 is 4.90 Å². The molecule has 2 aliphatic rings. The van der Waals surface area contributed by atoms with Crippen LogP contribution in [-0.4, -0.2) is 0 Å². The van der Waals surface area contributed by atoms with Crippen LogP contribution >= 0.6 is 0 Å². The van der Waals surface area contributed by atoms with E-state index in [0.717, 1.165) is 50.1 Å². The summed E-state index contributed by atoms with van der Waals surface area (Å²) in [5.41, 5.74) is 19.9. The number of benzene rings is 10. The third-order valence-electron chi connectivity index (χ3n) is 13.3. The maximum Gasteiger partial charge on any atom is 0.136 e. The van der Waals surface area contributed by atoms with Crippen molar-refractivity contribution in [2.24, 2.45) is 0 Å². The van der Waals surface area contributed by atoms with Crippen molar-refractivity contribution in [2.45, 2.75) is 5.41 Å². The highest BCUT2D eigenvalue weighted by atomic mass is 16.3. The maximum atomic E-state index is 6.30. The minimum Gasteiger partial charge on any atom is -0.456 e. The Balaban J connectivity index is 1.03. The Labute approximate surface area is 354 Å². The molecule has 0 bridgehead atoms. The molecular formula is C59H37NO. The number of fused-ring (bicyclic) bond motifs is 14. The molecule has 1 aromatic heterocycles. The van der Waals surface area contributed by atoms with Gasteiger partial charge < -0.3 is 9.32 Å². The maximum absolute atomic E-state index is 6.30. The lowest BCUT2D eigenvalue weighted by Gasteiger charge is -2.32. The van der Waals surface area contributed by atoms with E-state index in [0.29, 0.717) is 0 Å². The average Bonchev–Trinajstić information content (AvgIpc) is 3.97. The van der Waals surface area contributed by atoms with Gasteiger partial charge in [-0.05, 0) is 114 Å². The van der Waals surface area contributed by atoms with Crippen LogP contribution in [0.1, 0.15) is 22.3 Å². The normalized spacial score (nSPS) is 13.0. The van der Waals surface area contributed by atoms with Crippen LogP contribution in [0, 0.1) is 0 Å². The molecule has 2 heteroatoms. The van der Waals surface area contributed by atoms with Crippen molar-refractivity contribution in [2.75, 3.05) is 4.90 Å². The highest BCUT2D eigenvalue weighted by Crippen LogP contribution is 2.64. The largest absolute Gasteiger partial charge is 0.456 e. The molecule has 2 aliphatic carbocycles. The summed E-state index contributed by atoms with van der Waals surface area (Å²) in [6, 6.07) is 82.3. The molecule has 0 saturated heterocycles. The summed E-state index contributed by atoms with van der Waals surface area (Å²) >= 11 is 0. The zero-order valence-electron chi connectivity index (χ0n) is 33.2. The standard InChI is InChI=1S/C59H37NO/c1-2-16-43-38(14-1)15-11-21-44(43)39-30-34-41(35-31-39)60(42-36-32-40(33-37-42)45-22-12-29-56-57(45)49-20-6-10-28-55(49)61-56)54-27-13-26-53-58(54)48-19-5-9-25-52(48)59(53)50-23-7-3-17-46(50)47-18-4-8-24-51(47)59/h1-37H. The number of furan rings is 1. The van der Waals surface area contributed by atoms with E-state index >= 15 is 0 Å². The third kappa shape index (κ3) is 4.79. The molecule has 61 heavy (non-hydrogen) atoms. The molecule has 11 aromatic rings. The highest BCUT2D eigenvalue weighted by molar-refractivity contribution is 6.12. The second-order valence-electron chi connectivity index (χ2n) is 16.3. The van der Waals surface area contributed by atoms with Crippen LogP contribution in [0.25, 0.3) is 77.2 Å². The van der Waals surface area contributed by atoms with Crippen LogP contribution in [0.5, 0.6) is 0 Å². The van der Waals surface area contributed by atoms with Gasteiger partial charge in [0, 0.05) is 27.7 Å². The lowest BCUT2D eigenvalue weighted by Crippen LogP contribution is -2.26. The van der Waals surface area contributed by atoms with Gasteiger partial charge in [-0.3, -0.25) is 0 Å². The Hall–Kier alpha value is -7.94. The van der Waals surface area contributed by atoms with Gasteiger partial charge >= 0.3 is 0 Å². The van der Waals surface area contributed by atoms with Crippen molar-refractivity contribution < 1.29 is 4.42 Å². The first-order chi connectivity index (χ1) is 30.3. The van der Waals surface area contributed by atoms with Gasteiger partial charge in [-0.2, -0.15) is 0 Å². The molecule has 0 aliphatic heterocycles. The fourth-order valence-corrected chi connectivity index (χ4v) is 10.8. The van der Waals surface area contributed by atoms with Crippen molar-refractivity contribution >= 4 is 49.8 Å². The Morgan fingerprint density at radius 3 is 1.52 bits per heavy atom. The Morgan fingerprint density at radius 1 is 0.328 bits per heavy atom. The van der Waals surface area contributed by atoms with Gasteiger partial charge in [0.2, 0.25) is 0 Å². The van der Waals surface area contributed by atoms with Crippen molar-refractivity contribution in [1.82, 2.24) is 0 Å². The number of anilines is 3. The second kappa shape index (κ2) is 13.0. The highest BCUT2D eigenvalue weighted by Gasteiger charge is 2.52.